The van der Waals surface area contributed by atoms with E-state index in [9.17, 15) is 4.79 Å². The Kier molecular flexibility index (Phi) is 18.8. The number of aliphatic carboxylic acids is 1. The van der Waals surface area contributed by atoms with Crippen molar-refractivity contribution in [2.24, 2.45) is 23.7 Å². The van der Waals surface area contributed by atoms with Crippen molar-refractivity contribution in [2.45, 2.75) is 137 Å². The van der Waals surface area contributed by atoms with Gasteiger partial charge < -0.3 is 10.0 Å². The van der Waals surface area contributed by atoms with Gasteiger partial charge in [-0.05, 0) is 107 Å². The van der Waals surface area contributed by atoms with Gasteiger partial charge in [-0.2, -0.15) is 5.10 Å². The highest BCUT2D eigenvalue weighted by atomic mass is 16.4. The predicted octanol–water partition coefficient (Wildman–Crippen LogP) is 11.1. The summed E-state index contributed by atoms with van der Waals surface area (Å²) in [5, 5.41) is 13.9. The van der Waals surface area contributed by atoms with Crippen LogP contribution in [0.2, 0.25) is 0 Å². The monoisotopic (exact) mass is 672 g/mol. The Morgan fingerprint density at radius 1 is 0.857 bits per heavy atom. The van der Waals surface area contributed by atoms with Crippen LogP contribution in [0.5, 0.6) is 0 Å². The third-order valence-corrected chi connectivity index (χ3v) is 11.2. The Hall–Kier alpha value is -2.92. The van der Waals surface area contributed by atoms with Gasteiger partial charge in [-0.25, -0.2) is 0 Å². The largest absolute Gasteiger partial charge is 0.481 e. The summed E-state index contributed by atoms with van der Waals surface area (Å²) in [5.41, 5.74) is 4.44. The first-order valence-electron chi connectivity index (χ1n) is 19.5. The van der Waals surface area contributed by atoms with Crippen molar-refractivity contribution >= 4 is 5.97 Å². The molecule has 3 aromatic rings. The van der Waals surface area contributed by atoms with Gasteiger partial charge in [-0.15, -0.1) is 0 Å². The molecule has 3 aliphatic rings. The summed E-state index contributed by atoms with van der Waals surface area (Å²) in [6.45, 7) is 11.6. The number of carboxylic acids is 1. The Morgan fingerprint density at radius 2 is 1.49 bits per heavy atom. The molecule has 2 aromatic carbocycles. The van der Waals surface area contributed by atoms with Crippen molar-refractivity contribution in [1.82, 2.24) is 14.7 Å². The fraction of sp³-hybridized carbons (Fsp3) is 0.636. The first-order valence-corrected chi connectivity index (χ1v) is 19.5. The van der Waals surface area contributed by atoms with Gasteiger partial charge in [0.15, 0.2) is 0 Å². The number of carbonyl (C=O) groups is 1. The molecule has 1 aromatic heterocycles. The molecule has 1 aliphatic heterocycles. The number of unbranched alkanes of at least 4 members (excludes halogenated alkanes) is 1. The number of nitrogens with zero attached hydrogens (tertiary/aromatic N) is 3. The maximum absolute atomic E-state index is 11.1. The van der Waals surface area contributed by atoms with Gasteiger partial charge in [0.05, 0.1) is 12.1 Å². The summed E-state index contributed by atoms with van der Waals surface area (Å²) in [4.78, 5) is 13.9. The number of likely N-dealkylation sites (tertiary alicyclic amines) is 1. The van der Waals surface area contributed by atoms with Gasteiger partial charge in [0.1, 0.15) is 0 Å². The molecule has 1 N–H and O–H groups in total. The number of aromatic nitrogens is 2. The molecule has 3 unspecified atom stereocenters. The molecule has 6 rings (SSSR count). The van der Waals surface area contributed by atoms with Crippen LogP contribution in [0.1, 0.15) is 134 Å². The first-order chi connectivity index (χ1) is 23.5. The lowest BCUT2D eigenvalue weighted by Crippen LogP contribution is -2.36. The average Bonchev–Trinajstić information content (AvgIpc) is 3.75. The van der Waals surface area contributed by atoms with Crippen LogP contribution in [0, 0.1) is 23.7 Å². The third kappa shape index (κ3) is 13.7. The molecule has 2 aliphatic carbocycles. The van der Waals surface area contributed by atoms with E-state index in [0.29, 0.717) is 11.8 Å². The van der Waals surface area contributed by atoms with E-state index in [1.54, 1.807) is 0 Å². The second-order valence-electron chi connectivity index (χ2n) is 14.9. The zero-order valence-electron chi connectivity index (χ0n) is 30.4. The van der Waals surface area contributed by atoms with Gasteiger partial charge in [0, 0.05) is 24.7 Å². The summed E-state index contributed by atoms with van der Waals surface area (Å²) < 4.78 is 2.28. The number of piperidine rings is 1. The van der Waals surface area contributed by atoms with Gasteiger partial charge >= 0.3 is 5.97 Å². The van der Waals surface area contributed by atoms with Crippen molar-refractivity contribution in [1.29, 1.82) is 0 Å². The fourth-order valence-corrected chi connectivity index (χ4v) is 8.43. The van der Waals surface area contributed by atoms with Gasteiger partial charge in [0.2, 0.25) is 0 Å². The molecule has 0 bridgehead atoms. The second kappa shape index (κ2) is 22.7. The minimum absolute atomic E-state index is 0. The lowest BCUT2D eigenvalue weighted by Gasteiger charge is -2.34. The molecule has 49 heavy (non-hydrogen) atoms. The molecule has 3 fully saturated rings. The van der Waals surface area contributed by atoms with E-state index in [1.807, 2.05) is 36.4 Å². The van der Waals surface area contributed by atoms with Crippen LogP contribution in [0.3, 0.4) is 0 Å². The molecular weight excluding hydrogens is 603 g/mol. The minimum atomic E-state index is -0.564. The lowest BCUT2D eigenvalue weighted by molar-refractivity contribution is -0.144. The van der Waals surface area contributed by atoms with Crippen LogP contribution in [0.4, 0.5) is 0 Å². The number of benzene rings is 2. The van der Waals surface area contributed by atoms with E-state index in [-0.39, 0.29) is 13.3 Å². The van der Waals surface area contributed by atoms with Gasteiger partial charge in [-0.3, -0.25) is 9.48 Å². The molecular formula is C44H69N3O2. The fourth-order valence-electron chi connectivity index (χ4n) is 8.43. The highest BCUT2D eigenvalue weighted by Gasteiger charge is 2.30. The van der Waals surface area contributed by atoms with Crippen molar-refractivity contribution in [3.05, 3.63) is 89.7 Å². The topological polar surface area (TPSA) is 58.4 Å². The van der Waals surface area contributed by atoms with E-state index in [0.717, 1.165) is 63.3 Å². The Labute approximate surface area is 299 Å². The normalized spacial score (nSPS) is 20.6. The Morgan fingerprint density at radius 3 is 2.04 bits per heavy atom. The summed E-state index contributed by atoms with van der Waals surface area (Å²) in [5.74, 6) is 2.43. The van der Waals surface area contributed by atoms with E-state index >= 15 is 0 Å². The predicted molar refractivity (Wildman–Crippen MR) is 207 cm³/mol. The summed E-state index contributed by atoms with van der Waals surface area (Å²) in [6.07, 6.45) is 20.4. The van der Waals surface area contributed by atoms with Crippen molar-refractivity contribution < 1.29 is 9.90 Å². The highest BCUT2D eigenvalue weighted by Crippen LogP contribution is 2.35. The molecule has 1 saturated heterocycles. The number of rotatable bonds is 12. The number of hydrogen-bond donors (Lipinski definition) is 1. The van der Waals surface area contributed by atoms with Gasteiger partial charge in [0.25, 0.3) is 0 Å². The van der Waals surface area contributed by atoms with E-state index in [4.69, 9.17) is 10.2 Å². The van der Waals surface area contributed by atoms with Crippen LogP contribution >= 0.6 is 0 Å². The Balaban J connectivity index is 0.000000257. The first kappa shape index (κ1) is 40.5. The molecule has 3 atom stereocenters. The lowest BCUT2D eigenvalue weighted by atomic mass is 9.78. The Bertz CT molecular complexity index is 1240. The summed E-state index contributed by atoms with van der Waals surface area (Å²) >= 11 is 0. The highest BCUT2D eigenvalue weighted by molar-refractivity contribution is 5.70. The number of aryl methyl sites for hydroxylation is 3. The molecule has 0 radical (unpaired) electrons. The quantitative estimate of drug-likeness (QED) is 0.208. The van der Waals surface area contributed by atoms with Crippen molar-refractivity contribution in [3.8, 4) is 0 Å². The molecule has 5 nitrogen and oxygen atoms in total. The zero-order valence-corrected chi connectivity index (χ0v) is 30.4. The molecule has 2 heterocycles. The maximum atomic E-state index is 11.1. The van der Waals surface area contributed by atoms with Crippen LogP contribution in [0.25, 0.3) is 0 Å². The van der Waals surface area contributed by atoms with E-state index in [2.05, 4.69) is 66.9 Å². The SMILES string of the molecule is C.CCCCC(C(=O)O)C1CCCCC1.CCn1ncc(CCc2ccccc2)c1C1CCN(CC2CCC(C)C2)CC1.c1ccccc1. The second-order valence-corrected chi connectivity index (χ2v) is 14.9. The molecule has 0 spiro atoms. The van der Waals surface area contributed by atoms with Crippen LogP contribution < -0.4 is 0 Å². The molecule has 272 valence electrons. The van der Waals surface area contributed by atoms with E-state index < -0.39 is 5.97 Å². The van der Waals surface area contributed by atoms with Crippen LogP contribution in [0.15, 0.2) is 72.9 Å². The number of carboxylic acid groups (broad SMARTS) is 1. The van der Waals surface area contributed by atoms with Crippen molar-refractivity contribution in [3.63, 3.8) is 0 Å². The van der Waals surface area contributed by atoms with E-state index in [1.165, 1.54) is 87.8 Å². The van der Waals surface area contributed by atoms with Gasteiger partial charge in [-0.1, -0.05) is 127 Å². The third-order valence-electron chi connectivity index (χ3n) is 11.2. The minimum Gasteiger partial charge on any atom is -0.481 e. The molecule has 2 saturated carbocycles. The smallest absolute Gasteiger partial charge is 0.306 e. The molecule has 0 amide bonds. The standard InChI is InChI=1S/C25H37N3.C12H22O2.C6H6.CH4/c1-3-28-25(24(18-26-28)12-11-21-7-5-4-6-8-21)23-13-15-27(16-14-23)19-22-10-9-20(2)17-22;1-2-3-9-11(12(13)14)10-7-5-4-6-8-10;1-2-4-6-5-3-1;/h4-8,18,20,22-23H,3,9-17,19H2,1-2H3;10-11H,2-9H2,1H3,(H,13,14);1-6H;1H4. The molecule has 5 heteroatoms. The number of hydrogen-bond acceptors (Lipinski definition) is 3. The van der Waals surface area contributed by atoms with Crippen molar-refractivity contribution in [2.75, 3.05) is 19.6 Å². The van der Waals surface area contributed by atoms with Crippen LogP contribution in [-0.4, -0.2) is 45.4 Å². The summed E-state index contributed by atoms with van der Waals surface area (Å²) in [7, 11) is 0. The summed E-state index contributed by atoms with van der Waals surface area (Å²) in [6, 6.07) is 22.9. The average molecular weight is 672 g/mol. The zero-order chi connectivity index (χ0) is 34.0. The van der Waals surface area contributed by atoms with Crippen LogP contribution in [-0.2, 0) is 24.2 Å². The maximum Gasteiger partial charge on any atom is 0.306 e.